The summed E-state index contributed by atoms with van der Waals surface area (Å²) in [5.74, 6) is -0.258. The number of nitrogens with zero attached hydrogens (tertiary/aromatic N) is 1. The predicted molar refractivity (Wildman–Crippen MR) is 111 cm³/mol. The molecule has 2 fully saturated rings. The summed E-state index contributed by atoms with van der Waals surface area (Å²) >= 11 is 0. The van der Waals surface area contributed by atoms with Crippen LogP contribution in [0.25, 0.3) is 11.1 Å². The van der Waals surface area contributed by atoms with E-state index in [0.717, 1.165) is 29.7 Å². The monoisotopic (exact) mass is 391 g/mol. The summed E-state index contributed by atoms with van der Waals surface area (Å²) in [5.41, 5.74) is 2.06. The van der Waals surface area contributed by atoms with Crippen LogP contribution in [0.3, 0.4) is 0 Å². The van der Waals surface area contributed by atoms with Crippen LogP contribution in [-0.2, 0) is 9.59 Å². The molecule has 2 N–H and O–H groups in total. The van der Waals surface area contributed by atoms with Crippen LogP contribution in [0.5, 0.6) is 0 Å². The van der Waals surface area contributed by atoms with Gasteiger partial charge < -0.3 is 10.6 Å². The van der Waals surface area contributed by atoms with Crippen molar-refractivity contribution in [2.75, 3.05) is 11.9 Å². The molecule has 1 aliphatic heterocycles. The van der Waals surface area contributed by atoms with Gasteiger partial charge in [0.15, 0.2) is 0 Å². The highest BCUT2D eigenvalue weighted by atomic mass is 16.2. The van der Waals surface area contributed by atoms with Crippen molar-refractivity contribution in [1.82, 2.24) is 10.2 Å². The SMILES string of the molecule is O=C(CCCN1C(=O)NC2(CCCC2)C1=O)Nc1ccccc1-c1ccccc1. The Kier molecular flexibility index (Phi) is 5.34. The molecular weight excluding hydrogens is 366 g/mol. The number of imide groups is 1. The number of nitrogens with one attached hydrogen (secondary N) is 2. The van der Waals surface area contributed by atoms with E-state index in [-0.39, 0.29) is 30.8 Å². The van der Waals surface area contributed by atoms with Gasteiger partial charge in [-0.15, -0.1) is 0 Å². The van der Waals surface area contributed by atoms with Crippen LogP contribution < -0.4 is 10.6 Å². The largest absolute Gasteiger partial charge is 0.326 e. The first-order valence-electron chi connectivity index (χ1n) is 10.2. The van der Waals surface area contributed by atoms with Crippen molar-refractivity contribution in [3.05, 3.63) is 54.6 Å². The first-order valence-corrected chi connectivity index (χ1v) is 10.2. The molecule has 1 aliphatic carbocycles. The second kappa shape index (κ2) is 8.07. The Labute approximate surface area is 170 Å². The maximum atomic E-state index is 12.7. The number of carbonyl (C=O) groups excluding carboxylic acids is 3. The highest BCUT2D eigenvalue weighted by Gasteiger charge is 2.51. The molecule has 0 unspecified atom stereocenters. The van der Waals surface area contributed by atoms with E-state index in [9.17, 15) is 14.4 Å². The van der Waals surface area contributed by atoms with Crippen LogP contribution in [0.15, 0.2) is 54.6 Å². The lowest BCUT2D eigenvalue weighted by molar-refractivity contribution is -0.131. The summed E-state index contributed by atoms with van der Waals surface area (Å²) in [6, 6.07) is 17.2. The van der Waals surface area contributed by atoms with E-state index in [2.05, 4.69) is 10.6 Å². The first kappa shape index (κ1) is 19.2. The van der Waals surface area contributed by atoms with Crippen molar-refractivity contribution >= 4 is 23.5 Å². The van der Waals surface area contributed by atoms with Crippen LogP contribution in [0.1, 0.15) is 38.5 Å². The summed E-state index contributed by atoms with van der Waals surface area (Å²) in [4.78, 5) is 38.6. The van der Waals surface area contributed by atoms with Gasteiger partial charge in [0, 0.05) is 24.2 Å². The van der Waals surface area contributed by atoms with E-state index < -0.39 is 5.54 Å². The van der Waals surface area contributed by atoms with E-state index in [4.69, 9.17) is 0 Å². The van der Waals surface area contributed by atoms with Crippen molar-refractivity contribution < 1.29 is 14.4 Å². The van der Waals surface area contributed by atoms with E-state index in [1.54, 1.807) is 0 Å². The highest BCUT2D eigenvalue weighted by molar-refractivity contribution is 6.07. The normalized spacial score (nSPS) is 17.6. The Morgan fingerprint density at radius 1 is 1.00 bits per heavy atom. The molecule has 4 rings (SSSR count). The number of rotatable bonds is 6. The van der Waals surface area contributed by atoms with Crippen LogP contribution in [0, 0.1) is 0 Å². The number of hydrogen-bond acceptors (Lipinski definition) is 3. The van der Waals surface area contributed by atoms with Gasteiger partial charge in [-0.05, 0) is 30.9 Å². The van der Waals surface area contributed by atoms with Gasteiger partial charge in [-0.25, -0.2) is 4.79 Å². The van der Waals surface area contributed by atoms with Crippen molar-refractivity contribution in [3.8, 4) is 11.1 Å². The lowest BCUT2D eigenvalue weighted by Gasteiger charge is -2.20. The number of para-hydroxylation sites is 1. The van der Waals surface area contributed by atoms with Gasteiger partial charge >= 0.3 is 6.03 Å². The molecular formula is C23H25N3O3. The fourth-order valence-corrected chi connectivity index (χ4v) is 4.27. The lowest BCUT2D eigenvalue weighted by Crippen LogP contribution is -2.44. The predicted octanol–water partition coefficient (Wildman–Crippen LogP) is 3.94. The summed E-state index contributed by atoms with van der Waals surface area (Å²) in [5, 5.41) is 5.83. The summed E-state index contributed by atoms with van der Waals surface area (Å²) in [6.07, 6.45) is 4.03. The molecule has 1 saturated carbocycles. The molecule has 0 bridgehead atoms. The molecule has 29 heavy (non-hydrogen) atoms. The van der Waals surface area contributed by atoms with Crippen LogP contribution in [-0.4, -0.2) is 34.8 Å². The molecule has 0 atom stereocenters. The molecule has 2 aliphatic rings. The fraction of sp³-hybridized carbons (Fsp3) is 0.348. The Morgan fingerprint density at radius 2 is 1.69 bits per heavy atom. The Balaban J connectivity index is 1.34. The van der Waals surface area contributed by atoms with Crippen molar-refractivity contribution in [2.45, 2.75) is 44.1 Å². The van der Waals surface area contributed by atoms with Gasteiger partial charge in [0.25, 0.3) is 5.91 Å². The molecule has 2 aromatic rings. The number of hydrogen-bond donors (Lipinski definition) is 2. The average Bonchev–Trinajstić information content (AvgIpc) is 3.29. The zero-order valence-corrected chi connectivity index (χ0v) is 16.3. The number of urea groups is 1. The fourth-order valence-electron chi connectivity index (χ4n) is 4.27. The summed E-state index contributed by atoms with van der Waals surface area (Å²) in [7, 11) is 0. The second-order valence-electron chi connectivity index (χ2n) is 7.74. The smallest absolute Gasteiger partial charge is 0.325 e. The van der Waals surface area contributed by atoms with Gasteiger partial charge in [-0.2, -0.15) is 0 Å². The van der Waals surface area contributed by atoms with Gasteiger partial charge in [-0.3, -0.25) is 14.5 Å². The third-order valence-corrected chi connectivity index (χ3v) is 5.77. The zero-order chi connectivity index (χ0) is 20.3. The molecule has 0 radical (unpaired) electrons. The topological polar surface area (TPSA) is 78.5 Å². The van der Waals surface area contributed by atoms with Crippen LogP contribution in [0.2, 0.25) is 0 Å². The Hall–Kier alpha value is -3.15. The van der Waals surface area contributed by atoms with Gasteiger partial charge in [0.1, 0.15) is 5.54 Å². The average molecular weight is 391 g/mol. The Bertz CT molecular complexity index is 920. The molecule has 6 heteroatoms. The highest BCUT2D eigenvalue weighted by Crippen LogP contribution is 2.35. The maximum Gasteiger partial charge on any atom is 0.325 e. The molecule has 1 saturated heterocycles. The molecule has 1 heterocycles. The number of carbonyl (C=O) groups is 3. The number of amides is 4. The molecule has 1 spiro atoms. The van der Waals surface area contributed by atoms with Crippen LogP contribution in [0.4, 0.5) is 10.5 Å². The minimum absolute atomic E-state index is 0.129. The molecule has 2 aromatic carbocycles. The quantitative estimate of drug-likeness (QED) is 0.732. The minimum Gasteiger partial charge on any atom is -0.326 e. The van der Waals surface area contributed by atoms with Crippen molar-refractivity contribution in [3.63, 3.8) is 0 Å². The minimum atomic E-state index is -0.687. The van der Waals surface area contributed by atoms with E-state index >= 15 is 0 Å². The third-order valence-electron chi connectivity index (χ3n) is 5.77. The molecule has 4 amide bonds. The van der Waals surface area contributed by atoms with Gasteiger partial charge in [-0.1, -0.05) is 61.4 Å². The van der Waals surface area contributed by atoms with Gasteiger partial charge in [0.2, 0.25) is 5.91 Å². The Morgan fingerprint density at radius 3 is 2.45 bits per heavy atom. The summed E-state index contributed by atoms with van der Waals surface area (Å²) in [6.45, 7) is 0.264. The van der Waals surface area contributed by atoms with Crippen molar-refractivity contribution in [1.29, 1.82) is 0 Å². The molecule has 6 nitrogen and oxygen atoms in total. The number of benzene rings is 2. The van der Waals surface area contributed by atoms with Gasteiger partial charge in [0.05, 0.1) is 0 Å². The summed E-state index contributed by atoms with van der Waals surface area (Å²) < 4.78 is 0. The van der Waals surface area contributed by atoms with Crippen molar-refractivity contribution in [2.24, 2.45) is 0 Å². The second-order valence-corrected chi connectivity index (χ2v) is 7.74. The van der Waals surface area contributed by atoms with Crippen LogP contribution >= 0.6 is 0 Å². The van der Waals surface area contributed by atoms with E-state index in [1.165, 1.54) is 4.90 Å². The molecule has 150 valence electrons. The van der Waals surface area contributed by atoms with E-state index in [1.807, 2.05) is 54.6 Å². The number of anilines is 1. The van der Waals surface area contributed by atoms with E-state index in [0.29, 0.717) is 19.3 Å². The lowest BCUT2D eigenvalue weighted by atomic mass is 9.98. The standard InChI is InChI=1S/C23H25N3O3/c27-20(24-19-12-5-4-11-18(19)17-9-2-1-3-10-17)13-8-16-26-21(28)23(25-22(26)29)14-6-7-15-23/h1-5,9-12H,6-8,13-16H2,(H,24,27)(H,25,29). The first-order chi connectivity index (χ1) is 14.1. The maximum absolute atomic E-state index is 12.7. The molecule has 0 aromatic heterocycles. The third kappa shape index (κ3) is 3.88. The zero-order valence-electron chi connectivity index (χ0n) is 16.3.